The molecule has 0 amide bonds. The van der Waals surface area contributed by atoms with E-state index in [4.69, 9.17) is 23.2 Å². The maximum atomic E-state index is 5.99. The number of guanidine groups is 1. The van der Waals surface area contributed by atoms with E-state index in [1.54, 1.807) is 19.3 Å². The van der Waals surface area contributed by atoms with Crippen molar-refractivity contribution in [3.63, 3.8) is 0 Å². The first-order valence-electron chi connectivity index (χ1n) is 8.46. The number of hydrogen-bond acceptors (Lipinski definition) is 3. The quantitative estimate of drug-likeness (QED) is 0.250. The van der Waals surface area contributed by atoms with E-state index in [2.05, 4.69) is 51.7 Å². The summed E-state index contributed by atoms with van der Waals surface area (Å²) in [6.45, 7) is 1.49. The molecule has 0 bridgehead atoms. The van der Waals surface area contributed by atoms with Crippen LogP contribution in [0.25, 0.3) is 0 Å². The van der Waals surface area contributed by atoms with Crippen LogP contribution >= 0.6 is 47.2 Å². The number of halogens is 3. The fourth-order valence-electron chi connectivity index (χ4n) is 2.58. The van der Waals surface area contributed by atoms with Crippen LogP contribution in [-0.4, -0.2) is 50.1 Å². The summed E-state index contributed by atoms with van der Waals surface area (Å²) in [6.07, 6.45) is 2.64. The molecule has 1 aromatic carbocycles. The first-order chi connectivity index (χ1) is 12.5. The summed E-state index contributed by atoms with van der Waals surface area (Å²) in [4.78, 5) is 10.6. The molecule has 0 aliphatic carbocycles. The van der Waals surface area contributed by atoms with Gasteiger partial charge in [0.2, 0.25) is 0 Å². The Kier molecular flexibility index (Phi) is 11.0. The molecular weight excluding hydrogens is 496 g/mol. The maximum absolute atomic E-state index is 5.99. The summed E-state index contributed by atoms with van der Waals surface area (Å²) in [7, 11) is 5.89. The second kappa shape index (κ2) is 12.4. The third-order valence-electron chi connectivity index (χ3n) is 4.06. The Hall–Kier alpha value is -1.09. The first-order valence-corrected chi connectivity index (χ1v) is 9.22. The largest absolute Gasteiger partial charge is 0.356 e. The average Bonchev–Trinajstić information content (AvgIpc) is 2.63. The van der Waals surface area contributed by atoms with Gasteiger partial charge in [0, 0.05) is 31.4 Å². The summed E-state index contributed by atoms with van der Waals surface area (Å²) >= 11 is 11.8. The molecule has 27 heavy (non-hydrogen) atoms. The third-order valence-corrected chi connectivity index (χ3v) is 4.53. The second-order valence-corrected chi connectivity index (χ2v) is 6.97. The Balaban J connectivity index is 0.00000364. The fraction of sp³-hybridized carbons (Fsp3) is 0.368. The number of rotatable bonds is 7. The van der Waals surface area contributed by atoms with E-state index in [0.717, 1.165) is 36.1 Å². The van der Waals surface area contributed by atoms with Gasteiger partial charge in [-0.1, -0.05) is 41.4 Å². The van der Waals surface area contributed by atoms with Crippen molar-refractivity contribution in [2.24, 2.45) is 4.99 Å². The van der Waals surface area contributed by atoms with Gasteiger partial charge >= 0.3 is 0 Å². The van der Waals surface area contributed by atoms with E-state index in [9.17, 15) is 0 Å². The lowest BCUT2D eigenvalue weighted by molar-refractivity contribution is 0.298. The topological polar surface area (TPSA) is 52.6 Å². The van der Waals surface area contributed by atoms with Gasteiger partial charge in [0.05, 0.1) is 6.04 Å². The number of hydrogen-bond donors (Lipinski definition) is 2. The van der Waals surface area contributed by atoms with Gasteiger partial charge in [0.15, 0.2) is 5.96 Å². The maximum Gasteiger partial charge on any atom is 0.191 e. The van der Waals surface area contributed by atoms with Crippen molar-refractivity contribution in [1.82, 2.24) is 20.5 Å². The molecule has 2 rings (SSSR count). The zero-order valence-corrected chi connectivity index (χ0v) is 19.6. The number of nitrogens with one attached hydrogen (secondary N) is 2. The molecule has 148 valence electrons. The van der Waals surface area contributed by atoms with Crippen LogP contribution in [0.5, 0.6) is 0 Å². The van der Waals surface area contributed by atoms with Crippen molar-refractivity contribution in [3.05, 3.63) is 63.9 Å². The van der Waals surface area contributed by atoms with Crippen LogP contribution in [0, 0.1) is 0 Å². The minimum Gasteiger partial charge on any atom is -0.356 e. The van der Waals surface area contributed by atoms with Gasteiger partial charge in [-0.25, -0.2) is 4.98 Å². The normalized spacial score (nSPS) is 12.4. The highest BCUT2D eigenvalue weighted by molar-refractivity contribution is 14.0. The third kappa shape index (κ3) is 8.21. The van der Waals surface area contributed by atoms with E-state index in [1.165, 1.54) is 5.56 Å². The van der Waals surface area contributed by atoms with Crippen molar-refractivity contribution >= 4 is 53.1 Å². The van der Waals surface area contributed by atoms with Crippen molar-refractivity contribution < 1.29 is 0 Å². The molecule has 1 unspecified atom stereocenters. The lowest BCUT2D eigenvalue weighted by Gasteiger charge is -2.26. The van der Waals surface area contributed by atoms with Crippen LogP contribution in [-0.2, 0) is 6.42 Å². The Morgan fingerprint density at radius 2 is 1.81 bits per heavy atom. The fourth-order valence-corrected chi connectivity index (χ4v) is 2.81. The van der Waals surface area contributed by atoms with Crippen LogP contribution in [0.15, 0.2) is 47.6 Å². The SMILES string of the molecule is CN=C(NCCc1ccc(Cl)nc1)NCC(c1ccc(Cl)cc1)N(C)C.I. The Morgan fingerprint density at radius 3 is 2.37 bits per heavy atom. The summed E-state index contributed by atoms with van der Waals surface area (Å²) in [5.41, 5.74) is 2.33. The van der Waals surface area contributed by atoms with Crippen LogP contribution < -0.4 is 10.6 Å². The van der Waals surface area contributed by atoms with Crippen molar-refractivity contribution in [2.75, 3.05) is 34.2 Å². The molecule has 1 aromatic heterocycles. The molecule has 0 spiro atoms. The van der Waals surface area contributed by atoms with Gasteiger partial charge in [0.25, 0.3) is 0 Å². The van der Waals surface area contributed by atoms with Crippen LogP contribution in [0.4, 0.5) is 0 Å². The highest BCUT2D eigenvalue weighted by Gasteiger charge is 2.14. The number of aliphatic imine (C=N–C) groups is 1. The summed E-state index contributed by atoms with van der Waals surface area (Å²) in [6, 6.07) is 11.9. The molecule has 1 atom stereocenters. The summed E-state index contributed by atoms with van der Waals surface area (Å²) in [5, 5.41) is 7.97. The molecule has 5 nitrogen and oxygen atoms in total. The lowest BCUT2D eigenvalue weighted by Crippen LogP contribution is -2.42. The minimum absolute atomic E-state index is 0. The number of aromatic nitrogens is 1. The predicted molar refractivity (Wildman–Crippen MR) is 126 cm³/mol. The number of benzene rings is 1. The van der Waals surface area contributed by atoms with Crippen LogP contribution in [0.2, 0.25) is 10.2 Å². The summed E-state index contributed by atoms with van der Waals surface area (Å²) in [5.74, 6) is 0.771. The molecule has 0 aliphatic heterocycles. The van der Waals surface area contributed by atoms with E-state index in [-0.39, 0.29) is 30.0 Å². The molecule has 2 aromatic rings. The molecule has 0 radical (unpaired) electrons. The lowest BCUT2D eigenvalue weighted by atomic mass is 10.1. The van der Waals surface area contributed by atoms with Crippen molar-refractivity contribution in [1.29, 1.82) is 0 Å². The van der Waals surface area contributed by atoms with Gasteiger partial charge < -0.3 is 15.5 Å². The Bertz CT molecular complexity index is 705. The molecule has 1 heterocycles. The Morgan fingerprint density at radius 1 is 1.11 bits per heavy atom. The van der Waals surface area contributed by atoms with Gasteiger partial charge in [-0.05, 0) is 49.8 Å². The van der Waals surface area contributed by atoms with E-state index in [0.29, 0.717) is 5.15 Å². The predicted octanol–water partition coefficient (Wildman–Crippen LogP) is 4.02. The van der Waals surface area contributed by atoms with E-state index >= 15 is 0 Å². The van der Waals surface area contributed by atoms with Crippen LogP contribution in [0.1, 0.15) is 17.2 Å². The molecule has 0 aliphatic rings. The molecule has 0 saturated carbocycles. The molecule has 2 N–H and O–H groups in total. The standard InChI is InChI=1S/C19H25Cl2N5.HI/c1-22-19(23-11-10-14-4-9-18(21)24-12-14)25-13-17(26(2)3)15-5-7-16(20)8-6-15;/h4-9,12,17H,10-11,13H2,1-3H3,(H2,22,23,25);1H. The van der Waals surface area contributed by atoms with Crippen molar-refractivity contribution in [3.8, 4) is 0 Å². The van der Waals surface area contributed by atoms with Crippen LogP contribution in [0.3, 0.4) is 0 Å². The van der Waals surface area contributed by atoms with Gasteiger partial charge in [-0.2, -0.15) is 0 Å². The molecule has 0 saturated heterocycles. The van der Waals surface area contributed by atoms with Gasteiger partial charge in [0.1, 0.15) is 5.15 Å². The highest BCUT2D eigenvalue weighted by atomic mass is 127. The number of pyridine rings is 1. The van der Waals surface area contributed by atoms with Gasteiger partial charge in [-0.15, -0.1) is 24.0 Å². The molecular formula is C19H26Cl2IN5. The van der Waals surface area contributed by atoms with Gasteiger partial charge in [-0.3, -0.25) is 4.99 Å². The monoisotopic (exact) mass is 521 g/mol. The molecule has 8 heteroatoms. The minimum atomic E-state index is 0. The smallest absolute Gasteiger partial charge is 0.191 e. The highest BCUT2D eigenvalue weighted by Crippen LogP contribution is 2.19. The zero-order valence-electron chi connectivity index (χ0n) is 15.7. The summed E-state index contributed by atoms with van der Waals surface area (Å²) < 4.78 is 0. The molecule has 0 fully saturated rings. The second-order valence-electron chi connectivity index (χ2n) is 6.15. The Labute approximate surface area is 188 Å². The number of likely N-dealkylation sites (N-methyl/N-ethyl adjacent to an activating group) is 1. The first kappa shape index (κ1) is 23.9. The van der Waals surface area contributed by atoms with Crippen molar-refractivity contribution in [2.45, 2.75) is 12.5 Å². The van der Waals surface area contributed by atoms with E-state index in [1.807, 2.05) is 18.2 Å². The average molecular weight is 522 g/mol. The zero-order chi connectivity index (χ0) is 18.9. The number of nitrogens with zero attached hydrogens (tertiary/aromatic N) is 3. The van der Waals surface area contributed by atoms with E-state index < -0.39 is 0 Å².